The van der Waals surface area contributed by atoms with Crippen molar-refractivity contribution in [3.63, 3.8) is 0 Å². The first-order valence-corrected chi connectivity index (χ1v) is 9.29. The molecule has 1 saturated heterocycles. The van der Waals surface area contributed by atoms with Crippen molar-refractivity contribution in [2.75, 3.05) is 11.9 Å². The smallest absolute Gasteiger partial charge is 0.352 e. The monoisotopic (exact) mass is 419 g/mol. The van der Waals surface area contributed by atoms with E-state index in [1.165, 1.54) is 18.2 Å². The third-order valence-electron chi connectivity index (χ3n) is 4.71. The zero-order valence-electron chi connectivity index (χ0n) is 15.9. The van der Waals surface area contributed by atoms with E-state index in [1.54, 1.807) is 16.3 Å². The Morgan fingerprint density at radius 2 is 1.73 bits per heavy atom. The summed E-state index contributed by atoms with van der Waals surface area (Å²) in [4.78, 5) is 37.3. The van der Waals surface area contributed by atoms with Gasteiger partial charge in [0, 0.05) is 31.7 Å². The number of rotatable bonds is 6. The molecule has 1 fully saturated rings. The third-order valence-corrected chi connectivity index (χ3v) is 4.71. The van der Waals surface area contributed by atoms with Gasteiger partial charge in [0.15, 0.2) is 0 Å². The molecule has 6 nitrogen and oxygen atoms in total. The molecule has 30 heavy (non-hydrogen) atoms. The van der Waals surface area contributed by atoms with Crippen molar-refractivity contribution in [2.24, 2.45) is 5.92 Å². The minimum atomic E-state index is -4.98. The molecule has 0 spiro atoms. The number of nitrogens with one attached hydrogen (secondary N) is 2. The Morgan fingerprint density at radius 1 is 1.03 bits per heavy atom. The van der Waals surface area contributed by atoms with Gasteiger partial charge < -0.3 is 15.5 Å². The number of nitrogens with zero attached hydrogens (tertiary/aromatic N) is 1. The standard InChI is InChI=1S/C21H20F3N3O3/c22-21(23,24)20(30)26-17-8-4-7-15(9-17)11-25-19(29)16-10-18(28)27(13-16)12-14-5-2-1-3-6-14/h1-9,16H,10-13H2,(H,25,29)(H,26,30). The van der Waals surface area contributed by atoms with Crippen molar-refractivity contribution in [1.82, 2.24) is 10.2 Å². The van der Waals surface area contributed by atoms with Gasteiger partial charge in [0.05, 0.1) is 5.92 Å². The summed E-state index contributed by atoms with van der Waals surface area (Å²) in [5, 5.41) is 4.48. The summed E-state index contributed by atoms with van der Waals surface area (Å²) in [6.45, 7) is 0.809. The first-order chi connectivity index (χ1) is 14.2. The molecule has 1 aliphatic heterocycles. The number of alkyl halides is 3. The quantitative estimate of drug-likeness (QED) is 0.756. The SMILES string of the molecule is O=C(NCc1cccc(NC(=O)C(F)(F)F)c1)C1CC(=O)N(Cc2ccccc2)C1. The molecule has 158 valence electrons. The van der Waals surface area contributed by atoms with Crippen LogP contribution in [0.3, 0.4) is 0 Å². The van der Waals surface area contributed by atoms with Crippen LogP contribution in [-0.4, -0.2) is 35.3 Å². The first kappa shape index (κ1) is 21.4. The predicted molar refractivity (Wildman–Crippen MR) is 103 cm³/mol. The van der Waals surface area contributed by atoms with E-state index in [0.717, 1.165) is 5.56 Å². The van der Waals surface area contributed by atoms with Gasteiger partial charge in [-0.15, -0.1) is 0 Å². The summed E-state index contributed by atoms with van der Waals surface area (Å²) in [5.74, 6) is -2.96. The Morgan fingerprint density at radius 3 is 2.43 bits per heavy atom. The summed E-state index contributed by atoms with van der Waals surface area (Å²) in [6.07, 6.45) is -4.87. The Balaban J connectivity index is 1.53. The molecule has 3 amide bonds. The Hall–Kier alpha value is -3.36. The second-order valence-corrected chi connectivity index (χ2v) is 7.03. The van der Waals surface area contributed by atoms with E-state index in [9.17, 15) is 27.6 Å². The first-order valence-electron chi connectivity index (χ1n) is 9.29. The van der Waals surface area contributed by atoms with Crippen molar-refractivity contribution < 1.29 is 27.6 Å². The number of halogens is 3. The lowest BCUT2D eigenvalue weighted by Crippen LogP contribution is -2.32. The Kier molecular flexibility index (Phi) is 6.39. The van der Waals surface area contributed by atoms with Crippen LogP contribution >= 0.6 is 0 Å². The van der Waals surface area contributed by atoms with Crippen LogP contribution in [0, 0.1) is 5.92 Å². The highest BCUT2D eigenvalue weighted by Crippen LogP contribution is 2.21. The number of hydrogen-bond donors (Lipinski definition) is 2. The fourth-order valence-electron chi connectivity index (χ4n) is 3.20. The average molecular weight is 419 g/mol. The average Bonchev–Trinajstić information content (AvgIpc) is 3.07. The lowest BCUT2D eigenvalue weighted by atomic mass is 10.1. The predicted octanol–water partition coefficient (Wildman–Crippen LogP) is 2.85. The molecule has 2 aromatic rings. The van der Waals surface area contributed by atoms with Gasteiger partial charge in [-0.2, -0.15) is 13.2 Å². The molecular weight excluding hydrogens is 399 g/mol. The lowest BCUT2D eigenvalue weighted by molar-refractivity contribution is -0.167. The fourth-order valence-corrected chi connectivity index (χ4v) is 3.20. The highest BCUT2D eigenvalue weighted by atomic mass is 19.4. The molecule has 0 bridgehead atoms. The van der Waals surface area contributed by atoms with Crippen LogP contribution in [-0.2, 0) is 27.5 Å². The van der Waals surface area contributed by atoms with Gasteiger partial charge in [0.25, 0.3) is 0 Å². The van der Waals surface area contributed by atoms with Crippen LogP contribution in [0.5, 0.6) is 0 Å². The van der Waals surface area contributed by atoms with Gasteiger partial charge in [-0.25, -0.2) is 0 Å². The molecule has 2 aromatic carbocycles. The molecule has 0 radical (unpaired) electrons. The number of amides is 3. The molecule has 1 heterocycles. The van der Waals surface area contributed by atoms with Crippen molar-refractivity contribution in [1.29, 1.82) is 0 Å². The molecule has 2 N–H and O–H groups in total. The van der Waals surface area contributed by atoms with Gasteiger partial charge in [0.2, 0.25) is 11.8 Å². The maximum Gasteiger partial charge on any atom is 0.471 e. The minimum Gasteiger partial charge on any atom is -0.352 e. The molecule has 1 atom stereocenters. The lowest BCUT2D eigenvalue weighted by Gasteiger charge is -2.16. The number of carbonyl (C=O) groups is 3. The van der Waals surface area contributed by atoms with E-state index in [-0.39, 0.29) is 30.5 Å². The van der Waals surface area contributed by atoms with Crippen LogP contribution in [0.4, 0.5) is 18.9 Å². The molecule has 9 heteroatoms. The van der Waals surface area contributed by atoms with Crippen LogP contribution in [0.25, 0.3) is 0 Å². The summed E-state index contributed by atoms with van der Waals surface area (Å²) in [6, 6.07) is 15.2. The second-order valence-electron chi connectivity index (χ2n) is 7.03. The van der Waals surface area contributed by atoms with Crippen molar-refractivity contribution in [2.45, 2.75) is 25.7 Å². The number of carbonyl (C=O) groups excluding carboxylic acids is 3. The van der Waals surface area contributed by atoms with Crippen molar-refractivity contribution in [3.8, 4) is 0 Å². The zero-order chi connectivity index (χ0) is 21.7. The van der Waals surface area contributed by atoms with E-state index in [1.807, 2.05) is 30.3 Å². The van der Waals surface area contributed by atoms with Gasteiger partial charge in [-0.05, 0) is 23.3 Å². The van der Waals surface area contributed by atoms with Gasteiger partial charge in [-0.1, -0.05) is 42.5 Å². The summed E-state index contributed by atoms with van der Waals surface area (Å²) in [7, 11) is 0. The van der Waals surface area contributed by atoms with Gasteiger partial charge in [0.1, 0.15) is 0 Å². The molecule has 1 aliphatic rings. The van der Waals surface area contributed by atoms with Gasteiger partial charge >= 0.3 is 12.1 Å². The van der Waals surface area contributed by atoms with Crippen LogP contribution in [0.15, 0.2) is 54.6 Å². The molecule has 0 saturated carbocycles. The maximum absolute atomic E-state index is 12.4. The maximum atomic E-state index is 12.4. The highest BCUT2D eigenvalue weighted by Gasteiger charge is 2.38. The van der Waals surface area contributed by atoms with Crippen LogP contribution < -0.4 is 10.6 Å². The summed E-state index contributed by atoms with van der Waals surface area (Å²) < 4.78 is 37.1. The van der Waals surface area contributed by atoms with E-state index < -0.39 is 18.0 Å². The molecular formula is C21H20F3N3O3. The van der Waals surface area contributed by atoms with E-state index in [4.69, 9.17) is 0 Å². The number of hydrogen-bond acceptors (Lipinski definition) is 3. The number of anilines is 1. The highest BCUT2D eigenvalue weighted by molar-refractivity contribution is 5.95. The summed E-state index contributed by atoms with van der Waals surface area (Å²) in [5.41, 5.74) is 1.48. The molecule has 3 rings (SSSR count). The zero-order valence-corrected chi connectivity index (χ0v) is 15.9. The number of benzene rings is 2. The topological polar surface area (TPSA) is 78.5 Å². The van der Waals surface area contributed by atoms with E-state index >= 15 is 0 Å². The molecule has 0 aromatic heterocycles. The second kappa shape index (κ2) is 8.98. The van der Waals surface area contributed by atoms with Crippen molar-refractivity contribution in [3.05, 3.63) is 65.7 Å². The molecule has 0 aliphatic carbocycles. The van der Waals surface area contributed by atoms with Gasteiger partial charge in [-0.3, -0.25) is 14.4 Å². The fraction of sp³-hybridized carbons (Fsp3) is 0.286. The van der Waals surface area contributed by atoms with E-state index in [0.29, 0.717) is 18.7 Å². The van der Waals surface area contributed by atoms with Crippen LogP contribution in [0.2, 0.25) is 0 Å². The Labute approximate surface area is 171 Å². The van der Waals surface area contributed by atoms with E-state index in [2.05, 4.69) is 5.32 Å². The largest absolute Gasteiger partial charge is 0.471 e. The third kappa shape index (κ3) is 5.59. The Bertz CT molecular complexity index is 932. The normalized spacial score (nSPS) is 16.4. The summed E-state index contributed by atoms with van der Waals surface area (Å²) >= 11 is 0. The molecule has 1 unspecified atom stereocenters. The number of likely N-dealkylation sites (tertiary alicyclic amines) is 1. The van der Waals surface area contributed by atoms with Crippen molar-refractivity contribution >= 4 is 23.4 Å². The minimum absolute atomic E-state index is 0.0193. The van der Waals surface area contributed by atoms with Crippen LogP contribution in [0.1, 0.15) is 17.5 Å².